The van der Waals surface area contributed by atoms with Crippen LogP contribution in [0.4, 0.5) is 0 Å². The second-order valence-corrected chi connectivity index (χ2v) is 7.20. The number of carboxylic acids is 1. The summed E-state index contributed by atoms with van der Waals surface area (Å²) in [5, 5.41) is 14.4. The summed E-state index contributed by atoms with van der Waals surface area (Å²) >= 11 is 7.32. The summed E-state index contributed by atoms with van der Waals surface area (Å²) in [5.41, 5.74) is 0.159. The molecule has 0 atom stereocenters. The molecule has 1 aromatic heterocycles. The fourth-order valence-electron chi connectivity index (χ4n) is 2.97. The highest BCUT2D eigenvalue weighted by Gasteiger charge is 2.41. The number of nitrogens with one attached hydrogen (secondary N) is 1. The first-order valence-corrected chi connectivity index (χ1v) is 9.07. The van der Waals surface area contributed by atoms with Crippen molar-refractivity contribution in [1.82, 2.24) is 10.3 Å². The van der Waals surface area contributed by atoms with E-state index in [9.17, 15) is 9.59 Å². The fraction of sp³-hybridized carbons (Fsp3) is 0.353. The number of aromatic carboxylic acids is 1. The van der Waals surface area contributed by atoms with Crippen molar-refractivity contribution in [1.29, 1.82) is 0 Å². The van der Waals surface area contributed by atoms with Crippen LogP contribution in [-0.4, -0.2) is 35.2 Å². The Labute approximate surface area is 153 Å². The Balaban J connectivity index is 1.78. The lowest BCUT2D eigenvalue weighted by Crippen LogP contribution is -2.47. The number of hydrogen-bond acceptors (Lipinski definition) is 5. The number of rotatable bonds is 5. The van der Waals surface area contributed by atoms with Crippen molar-refractivity contribution in [2.75, 3.05) is 13.2 Å². The molecule has 6 nitrogen and oxygen atoms in total. The predicted octanol–water partition coefficient (Wildman–Crippen LogP) is 2.86. The maximum atomic E-state index is 13.0. The first-order valence-electron chi connectivity index (χ1n) is 7.81. The Hall–Kier alpha value is -1.96. The van der Waals surface area contributed by atoms with Gasteiger partial charge in [-0.3, -0.25) is 4.79 Å². The minimum Gasteiger partial charge on any atom is -0.476 e. The summed E-state index contributed by atoms with van der Waals surface area (Å²) in [6.07, 6.45) is 1.13. The van der Waals surface area contributed by atoms with Crippen LogP contribution in [0.3, 0.4) is 0 Å². The second-order valence-electron chi connectivity index (χ2n) is 5.82. The molecular weight excluding hydrogens is 364 g/mol. The molecule has 1 saturated heterocycles. The van der Waals surface area contributed by atoms with E-state index in [1.807, 2.05) is 18.2 Å². The number of ether oxygens (including phenoxy) is 1. The summed E-state index contributed by atoms with van der Waals surface area (Å²) < 4.78 is 5.43. The summed E-state index contributed by atoms with van der Waals surface area (Å²) in [5.74, 6) is -1.20. The van der Waals surface area contributed by atoms with E-state index < -0.39 is 11.4 Å². The maximum Gasteiger partial charge on any atom is 0.355 e. The number of carbonyl (C=O) groups is 2. The number of amides is 1. The molecule has 1 fully saturated rings. The molecule has 1 aromatic carbocycles. The zero-order valence-corrected chi connectivity index (χ0v) is 14.9. The number of hydrogen-bond donors (Lipinski definition) is 2. The van der Waals surface area contributed by atoms with Crippen LogP contribution in [0.1, 0.15) is 33.9 Å². The Morgan fingerprint density at radius 1 is 1.36 bits per heavy atom. The smallest absolute Gasteiger partial charge is 0.355 e. The zero-order chi connectivity index (χ0) is 17.9. The van der Waals surface area contributed by atoms with Crippen LogP contribution in [0.2, 0.25) is 5.02 Å². The van der Waals surface area contributed by atoms with Crippen molar-refractivity contribution in [3.63, 3.8) is 0 Å². The van der Waals surface area contributed by atoms with Gasteiger partial charge in [-0.2, -0.15) is 0 Å². The molecule has 1 aliphatic heterocycles. The van der Waals surface area contributed by atoms with Crippen LogP contribution >= 0.6 is 22.9 Å². The highest BCUT2D eigenvalue weighted by molar-refractivity contribution is 7.09. The SMILES string of the molecule is O=C(O)c1csc(CNC(=O)C2(c3cccc(Cl)c3)CCOCC2)n1. The van der Waals surface area contributed by atoms with Gasteiger partial charge in [-0.15, -0.1) is 11.3 Å². The van der Waals surface area contributed by atoms with E-state index >= 15 is 0 Å². The third-order valence-electron chi connectivity index (χ3n) is 4.33. The monoisotopic (exact) mass is 380 g/mol. The molecule has 0 bridgehead atoms. The summed E-state index contributed by atoms with van der Waals surface area (Å²) in [7, 11) is 0. The molecule has 132 valence electrons. The average Bonchev–Trinajstić information content (AvgIpc) is 3.09. The van der Waals surface area contributed by atoms with Gasteiger partial charge in [0.25, 0.3) is 0 Å². The predicted molar refractivity (Wildman–Crippen MR) is 94.1 cm³/mol. The van der Waals surface area contributed by atoms with E-state index in [0.29, 0.717) is 36.1 Å². The lowest BCUT2D eigenvalue weighted by molar-refractivity contribution is -0.130. The topological polar surface area (TPSA) is 88.5 Å². The third kappa shape index (κ3) is 3.84. The van der Waals surface area contributed by atoms with Crippen LogP contribution in [0.25, 0.3) is 0 Å². The number of benzene rings is 1. The fourth-order valence-corrected chi connectivity index (χ4v) is 3.87. The van der Waals surface area contributed by atoms with Crippen molar-refractivity contribution in [3.8, 4) is 0 Å². The van der Waals surface area contributed by atoms with Gasteiger partial charge in [-0.1, -0.05) is 23.7 Å². The van der Waals surface area contributed by atoms with Crippen molar-refractivity contribution < 1.29 is 19.4 Å². The molecule has 0 radical (unpaired) electrons. The molecule has 2 heterocycles. The van der Waals surface area contributed by atoms with E-state index in [4.69, 9.17) is 21.4 Å². The Morgan fingerprint density at radius 2 is 2.12 bits per heavy atom. The van der Waals surface area contributed by atoms with Gasteiger partial charge in [0, 0.05) is 23.6 Å². The molecule has 0 saturated carbocycles. The molecule has 2 N–H and O–H groups in total. The van der Waals surface area contributed by atoms with Crippen LogP contribution in [0, 0.1) is 0 Å². The minimum atomic E-state index is -1.08. The van der Waals surface area contributed by atoms with Gasteiger partial charge in [0.15, 0.2) is 5.69 Å². The van der Waals surface area contributed by atoms with Crippen molar-refractivity contribution in [2.45, 2.75) is 24.8 Å². The van der Waals surface area contributed by atoms with Gasteiger partial charge in [0.2, 0.25) is 5.91 Å². The Morgan fingerprint density at radius 3 is 2.76 bits per heavy atom. The van der Waals surface area contributed by atoms with Crippen LogP contribution < -0.4 is 5.32 Å². The molecule has 0 unspecified atom stereocenters. The minimum absolute atomic E-state index is 0.00938. The van der Waals surface area contributed by atoms with Gasteiger partial charge >= 0.3 is 5.97 Å². The molecule has 1 amide bonds. The first kappa shape index (κ1) is 17.8. The Kier molecular flexibility index (Phi) is 5.36. The number of carboxylic acid groups (broad SMARTS) is 1. The van der Waals surface area contributed by atoms with E-state index in [1.165, 1.54) is 16.7 Å². The highest BCUT2D eigenvalue weighted by atomic mass is 35.5. The van der Waals surface area contributed by atoms with Crippen LogP contribution in [-0.2, 0) is 21.5 Å². The number of nitrogens with zero attached hydrogens (tertiary/aromatic N) is 1. The molecule has 8 heteroatoms. The summed E-state index contributed by atoms with van der Waals surface area (Å²) in [6.45, 7) is 1.20. The van der Waals surface area contributed by atoms with Crippen LogP contribution in [0.15, 0.2) is 29.6 Å². The molecular formula is C17H17ClN2O4S. The molecule has 25 heavy (non-hydrogen) atoms. The third-order valence-corrected chi connectivity index (χ3v) is 5.41. The zero-order valence-electron chi connectivity index (χ0n) is 13.3. The summed E-state index contributed by atoms with van der Waals surface area (Å²) in [4.78, 5) is 27.9. The van der Waals surface area contributed by atoms with Crippen molar-refractivity contribution >= 4 is 34.8 Å². The number of carbonyl (C=O) groups excluding carboxylic acids is 1. The molecule has 3 rings (SSSR count). The van der Waals surface area contributed by atoms with E-state index in [0.717, 1.165) is 5.56 Å². The normalized spacial score (nSPS) is 16.4. The van der Waals surface area contributed by atoms with Crippen LogP contribution in [0.5, 0.6) is 0 Å². The average molecular weight is 381 g/mol. The van der Waals surface area contributed by atoms with Gasteiger partial charge in [0.05, 0.1) is 12.0 Å². The van der Waals surface area contributed by atoms with E-state index in [1.54, 1.807) is 6.07 Å². The number of thiazole rings is 1. The molecule has 0 aliphatic carbocycles. The largest absolute Gasteiger partial charge is 0.476 e. The summed E-state index contributed by atoms with van der Waals surface area (Å²) in [6, 6.07) is 7.34. The lowest BCUT2D eigenvalue weighted by atomic mass is 9.73. The maximum absolute atomic E-state index is 13.0. The Bertz CT molecular complexity index is 786. The van der Waals surface area contributed by atoms with Gasteiger partial charge in [-0.25, -0.2) is 9.78 Å². The van der Waals surface area contributed by atoms with Gasteiger partial charge < -0.3 is 15.2 Å². The van der Waals surface area contributed by atoms with Gasteiger partial charge in [0.1, 0.15) is 5.01 Å². The van der Waals surface area contributed by atoms with E-state index in [-0.39, 0.29) is 18.1 Å². The molecule has 2 aromatic rings. The molecule has 1 aliphatic rings. The lowest BCUT2D eigenvalue weighted by Gasteiger charge is -2.36. The van der Waals surface area contributed by atoms with Crippen molar-refractivity contribution in [2.24, 2.45) is 0 Å². The van der Waals surface area contributed by atoms with Gasteiger partial charge in [-0.05, 0) is 30.5 Å². The number of halogens is 1. The quantitative estimate of drug-likeness (QED) is 0.832. The molecule has 0 spiro atoms. The second kappa shape index (κ2) is 7.51. The highest BCUT2D eigenvalue weighted by Crippen LogP contribution is 2.36. The first-order chi connectivity index (χ1) is 12.0. The number of aromatic nitrogens is 1. The van der Waals surface area contributed by atoms with Crippen molar-refractivity contribution in [3.05, 3.63) is 50.9 Å². The standard InChI is InChI=1S/C17H17ClN2O4S/c18-12-3-1-2-11(8-12)17(4-6-24-7-5-17)16(23)19-9-14-20-13(10-25-14)15(21)22/h1-3,8,10H,4-7,9H2,(H,19,23)(H,21,22). The van der Waals surface area contributed by atoms with E-state index in [2.05, 4.69) is 10.3 Å².